The van der Waals surface area contributed by atoms with E-state index in [1.165, 1.54) is 21.6 Å². The number of carbonyl (C=O) groups is 1. The molecule has 1 N–H and O–H groups in total. The van der Waals surface area contributed by atoms with E-state index < -0.39 is 15.9 Å². The molecule has 2 aromatic carbocycles. The molecule has 3 heterocycles. The van der Waals surface area contributed by atoms with Crippen LogP contribution in [0.2, 0.25) is 0 Å². The van der Waals surface area contributed by atoms with E-state index in [1.807, 2.05) is 30.3 Å². The van der Waals surface area contributed by atoms with E-state index in [1.54, 1.807) is 5.38 Å². The van der Waals surface area contributed by atoms with Crippen molar-refractivity contribution >= 4 is 44.3 Å². The maximum atomic E-state index is 12.9. The zero-order chi connectivity index (χ0) is 21.4. The van der Waals surface area contributed by atoms with Gasteiger partial charge in [-0.15, -0.1) is 11.3 Å². The Kier molecular flexibility index (Phi) is 5.29. The normalized spacial score (nSPS) is 16.5. The summed E-state index contributed by atoms with van der Waals surface area (Å²) in [6, 6.07) is 17.6. The van der Waals surface area contributed by atoms with Crippen LogP contribution in [0.3, 0.4) is 0 Å². The summed E-state index contributed by atoms with van der Waals surface area (Å²) in [6.07, 6.45) is 2.73. The summed E-state index contributed by atoms with van der Waals surface area (Å²) in [5.74, 6) is -0.396. The largest absolute Gasteiger partial charge is 0.341 e. The number of nitrogens with zero attached hydrogens (tertiary/aromatic N) is 2. The molecule has 0 saturated carbocycles. The van der Waals surface area contributed by atoms with Crippen LogP contribution in [0.5, 0.6) is 0 Å². The first kappa shape index (κ1) is 20.2. The first-order chi connectivity index (χ1) is 15.0. The Morgan fingerprint density at radius 3 is 2.45 bits per heavy atom. The number of rotatable bonds is 5. The highest BCUT2D eigenvalue weighted by Gasteiger charge is 2.32. The number of anilines is 3. The second-order valence-corrected chi connectivity index (χ2v) is 10.6. The molecule has 160 valence electrons. The van der Waals surface area contributed by atoms with Gasteiger partial charge in [0.15, 0.2) is 0 Å². The van der Waals surface area contributed by atoms with E-state index in [4.69, 9.17) is 0 Å². The molecule has 1 amide bonds. The van der Waals surface area contributed by atoms with Crippen LogP contribution in [-0.4, -0.2) is 38.3 Å². The minimum absolute atomic E-state index is 0.0993. The van der Waals surface area contributed by atoms with E-state index in [9.17, 15) is 13.2 Å². The van der Waals surface area contributed by atoms with Crippen LogP contribution >= 0.6 is 11.3 Å². The number of carbonyl (C=O) groups excluding carboxylic acids is 1. The van der Waals surface area contributed by atoms with Gasteiger partial charge >= 0.3 is 0 Å². The summed E-state index contributed by atoms with van der Waals surface area (Å²) in [4.78, 5) is 15.5. The van der Waals surface area contributed by atoms with Crippen LogP contribution in [0.4, 0.5) is 17.1 Å². The monoisotopic (exact) mass is 453 g/mol. The summed E-state index contributed by atoms with van der Waals surface area (Å²) in [6.45, 7) is 1.96. The van der Waals surface area contributed by atoms with Crippen LogP contribution in [0, 0.1) is 0 Å². The molecule has 31 heavy (non-hydrogen) atoms. The topological polar surface area (TPSA) is 69.7 Å². The molecule has 2 aliphatic heterocycles. The van der Waals surface area contributed by atoms with Crippen molar-refractivity contribution in [2.75, 3.05) is 29.9 Å². The molecule has 0 unspecified atom stereocenters. The van der Waals surface area contributed by atoms with Crippen molar-refractivity contribution in [1.29, 1.82) is 0 Å². The van der Waals surface area contributed by atoms with E-state index in [2.05, 4.69) is 28.4 Å². The predicted molar refractivity (Wildman–Crippen MR) is 124 cm³/mol. The fourth-order valence-corrected chi connectivity index (χ4v) is 7.07. The van der Waals surface area contributed by atoms with Crippen LogP contribution in [0.25, 0.3) is 0 Å². The lowest BCUT2D eigenvalue weighted by molar-refractivity contribution is 0.102. The van der Waals surface area contributed by atoms with Crippen LogP contribution in [-0.2, 0) is 16.4 Å². The minimum atomic E-state index is -3.63. The zero-order valence-electron chi connectivity index (χ0n) is 17.0. The molecule has 0 aliphatic carbocycles. The van der Waals surface area contributed by atoms with E-state index >= 15 is 0 Å². The first-order valence-corrected chi connectivity index (χ1v) is 12.7. The number of para-hydroxylation sites is 1. The summed E-state index contributed by atoms with van der Waals surface area (Å²) in [7, 11) is -3.63. The third kappa shape index (κ3) is 3.75. The zero-order valence-corrected chi connectivity index (χ0v) is 18.6. The molecule has 1 aromatic heterocycles. The number of amides is 1. The van der Waals surface area contributed by atoms with E-state index in [0.717, 1.165) is 42.8 Å². The number of thiophene rings is 1. The molecule has 0 spiro atoms. The van der Waals surface area contributed by atoms with Crippen molar-refractivity contribution in [2.24, 2.45) is 0 Å². The molecule has 0 atom stereocenters. The van der Waals surface area contributed by atoms with Gasteiger partial charge in [0.1, 0.15) is 9.77 Å². The highest BCUT2D eigenvalue weighted by molar-refractivity contribution is 7.89. The van der Waals surface area contributed by atoms with Crippen molar-refractivity contribution in [3.8, 4) is 0 Å². The molecule has 6 nitrogen and oxygen atoms in total. The molecule has 1 fully saturated rings. The molecule has 8 heteroatoms. The van der Waals surface area contributed by atoms with Gasteiger partial charge in [-0.3, -0.25) is 4.79 Å². The Labute approximate surface area is 186 Å². The van der Waals surface area contributed by atoms with Crippen molar-refractivity contribution in [3.05, 3.63) is 70.4 Å². The number of hydrogen-bond donors (Lipinski definition) is 1. The molecule has 3 aromatic rings. The first-order valence-electron chi connectivity index (χ1n) is 10.4. The molecule has 1 saturated heterocycles. The molecular weight excluding hydrogens is 430 g/mol. The average Bonchev–Trinajstić information content (AvgIpc) is 3.55. The molecule has 5 rings (SSSR count). The Hall–Kier alpha value is -2.68. The molecule has 0 bridgehead atoms. The van der Waals surface area contributed by atoms with Gasteiger partial charge in [-0.25, -0.2) is 8.42 Å². The minimum Gasteiger partial charge on any atom is -0.341 e. The van der Waals surface area contributed by atoms with Gasteiger partial charge in [0.05, 0.1) is 0 Å². The fourth-order valence-electron chi connectivity index (χ4n) is 4.25. The van der Waals surface area contributed by atoms with Crippen LogP contribution in [0.1, 0.15) is 28.1 Å². The molecular formula is C23H23N3O3S2. The number of nitrogens with one attached hydrogen (secondary N) is 1. The van der Waals surface area contributed by atoms with E-state index in [0.29, 0.717) is 18.8 Å². The summed E-state index contributed by atoms with van der Waals surface area (Å²) < 4.78 is 27.3. The lowest BCUT2D eigenvalue weighted by Gasteiger charge is -2.20. The maximum Gasteiger partial charge on any atom is 0.267 e. The van der Waals surface area contributed by atoms with Gasteiger partial charge in [-0.05, 0) is 66.6 Å². The lowest BCUT2D eigenvalue weighted by Crippen LogP contribution is -2.29. The van der Waals surface area contributed by atoms with Crippen LogP contribution in [0.15, 0.2) is 64.9 Å². The van der Waals surface area contributed by atoms with Crippen LogP contribution < -0.4 is 10.2 Å². The van der Waals surface area contributed by atoms with Crippen molar-refractivity contribution in [2.45, 2.75) is 24.2 Å². The lowest BCUT2D eigenvalue weighted by atomic mass is 10.2. The van der Waals surface area contributed by atoms with Gasteiger partial charge < -0.3 is 10.2 Å². The Morgan fingerprint density at radius 2 is 1.68 bits per heavy atom. The SMILES string of the molecule is O=C(Nc1ccc(N2CCc3ccccc32)cc1)c1sccc1S(=O)(=O)N1CCCC1. The van der Waals surface area contributed by atoms with Crippen molar-refractivity contribution in [1.82, 2.24) is 4.31 Å². The van der Waals surface area contributed by atoms with Gasteiger partial charge in [-0.1, -0.05) is 18.2 Å². The van der Waals surface area contributed by atoms with Gasteiger partial charge in [0, 0.05) is 36.7 Å². The number of benzene rings is 2. The molecule has 0 radical (unpaired) electrons. The Balaban J connectivity index is 1.33. The second-order valence-electron chi connectivity index (χ2n) is 7.76. The number of fused-ring (bicyclic) bond motifs is 1. The summed E-state index contributed by atoms with van der Waals surface area (Å²) in [5, 5.41) is 4.51. The van der Waals surface area contributed by atoms with Crippen molar-refractivity contribution < 1.29 is 13.2 Å². The summed E-state index contributed by atoms with van der Waals surface area (Å²) in [5.41, 5.74) is 4.26. The quantitative estimate of drug-likeness (QED) is 0.618. The Bertz CT molecular complexity index is 1210. The van der Waals surface area contributed by atoms with Crippen molar-refractivity contribution in [3.63, 3.8) is 0 Å². The highest BCUT2D eigenvalue weighted by atomic mass is 32.2. The highest BCUT2D eigenvalue weighted by Crippen LogP contribution is 2.35. The van der Waals surface area contributed by atoms with Gasteiger partial charge in [-0.2, -0.15) is 4.31 Å². The fraction of sp³-hybridized carbons (Fsp3) is 0.261. The summed E-state index contributed by atoms with van der Waals surface area (Å²) >= 11 is 1.15. The standard InChI is InChI=1S/C23H23N3O3S2/c27-23(22-21(12-16-30-22)31(28,29)25-13-3-4-14-25)24-18-7-9-19(10-8-18)26-15-11-17-5-1-2-6-20(17)26/h1-2,5-10,12,16H,3-4,11,13-15H2,(H,24,27). The third-order valence-electron chi connectivity index (χ3n) is 5.84. The van der Waals surface area contributed by atoms with Gasteiger partial charge in [0.25, 0.3) is 5.91 Å². The van der Waals surface area contributed by atoms with Gasteiger partial charge in [0.2, 0.25) is 10.0 Å². The molecule has 2 aliphatic rings. The Morgan fingerprint density at radius 1 is 0.935 bits per heavy atom. The number of sulfonamides is 1. The number of hydrogen-bond acceptors (Lipinski definition) is 5. The van der Waals surface area contributed by atoms with E-state index in [-0.39, 0.29) is 9.77 Å². The predicted octanol–water partition coefficient (Wildman–Crippen LogP) is 4.48. The smallest absolute Gasteiger partial charge is 0.267 e. The average molecular weight is 454 g/mol. The third-order valence-corrected chi connectivity index (χ3v) is 8.83. The maximum absolute atomic E-state index is 12.9. The second kappa shape index (κ2) is 8.11.